The minimum Gasteiger partial charge on any atom is -0.543 e. The van der Waals surface area contributed by atoms with E-state index in [4.69, 9.17) is 0 Å². The summed E-state index contributed by atoms with van der Waals surface area (Å²) in [6.07, 6.45) is 0. The van der Waals surface area contributed by atoms with Crippen LogP contribution in [0.1, 0.15) is 6.92 Å². The van der Waals surface area contributed by atoms with Crippen molar-refractivity contribution in [1.82, 2.24) is 0 Å². The first kappa shape index (κ1) is 8.61. The molecule has 0 aliphatic carbocycles. The molecule has 0 spiro atoms. The first-order chi connectivity index (χ1) is 4.59. The van der Waals surface area contributed by atoms with Gasteiger partial charge in [0.1, 0.15) is 7.11 Å². The van der Waals surface area contributed by atoms with E-state index in [1.165, 1.54) is 0 Å². The SMILES string of the molecule is CON=C(C(C)=O)C(=O)[O-]. The summed E-state index contributed by atoms with van der Waals surface area (Å²) in [7, 11) is 1.14. The van der Waals surface area contributed by atoms with Gasteiger partial charge in [-0.2, -0.15) is 0 Å². The largest absolute Gasteiger partial charge is 0.543 e. The second kappa shape index (κ2) is 3.60. The van der Waals surface area contributed by atoms with Crippen molar-refractivity contribution in [3.05, 3.63) is 0 Å². The number of carbonyl (C=O) groups excluding carboxylic acids is 2. The normalized spacial score (nSPS) is 10.8. The topological polar surface area (TPSA) is 78.8 Å². The molecule has 0 heterocycles. The molecule has 0 rings (SSSR count). The number of nitrogens with zero attached hydrogens (tertiary/aromatic N) is 1. The number of hydrogen-bond acceptors (Lipinski definition) is 5. The first-order valence-corrected chi connectivity index (χ1v) is 2.43. The van der Waals surface area contributed by atoms with Gasteiger partial charge in [0.25, 0.3) is 0 Å². The number of Topliss-reactive ketones (excluding diaryl/α,β-unsaturated/α-hetero) is 1. The van der Waals surface area contributed by atoms with Crippen molar-refractivity contribution in [3.63, 3.8) is 0 Å². The summed E-state index contributed by atoms with van der Waals surface area (Å²) in [6, 6.07) is 0. The van der Waals surface area contributed by atoms with Gasteiger partial charge in [0.05, 0.1) is 5.97 Å². The predicted octanol–water partition coefficient (Wildman–Crippen LogP) is -1.67. The Bertz CT molecular complexity index is 168. The Kier molecular flexibility index (Phi) is 3.10. The van der Waals surface area contributed by atoms with Gasteiger partial charge in [-0.15, -0.1) is 0 Å². The van der Waals surface area contributed by atoms with Crippen molar-refractivity contribution in [2.45, 2.75) is 6.92 Å². The molecular weight excluding hydrogens is 138 g/mol. The maximum Gasteiger partial charge on any atom is 0.183 e. The molecule has 0 aromatic heterocycles. The quantitative estimate of drug-likeness (QED) is 0.269. The number of aliphatic carboxylic acids is 1. The highest BCUT2D eigenvalue weighted by atomic mass is 16.6. The molecule has 5 heteroatoms. The Morgan fingerprint density at radius 1 is 1.50 bits per heavy atom. The number of ketones is 1. The van der Waals surface area contributed by atoms with Gasteiger partial charge in [0, 0.05) is 6.92 Å². The molecule has 0 aromatic carbocycles. The van der Waals surface area contributed by atoms with E-state index in [0.717, 1.165) is 14.0 Å². The highest BCUT2D eigenvalue weighted by molar-refractivity contribution is 6.62. The molecule has 56 valence electrons. The standard InChI is InChI=1S/C5H7NO4/c1-3(7)4(5(8)9)6-10-2/h1-2H3,(H,8,9)/p-1. The summed E-state index contributed by atoms with van der Waals surface area (Å²) in [5.74, 6) is -2.32. The molecule has 0 amide bonds. The van der Waals surface area contributed by atoms with Crippen molar-refractivity contribution in [2.75, 3.05) is 7.11 Å². The van der Waals surface area contributed by atoms with Crippen LogP contribution in [0.4, 0.5) is 0 Å². The monoisotopic (exact) mass is 144 g/mol. The minimum atomic E-state index is -1.63. The average molecular weight is 144 g/mol. The Morgan fingerprint density at radius 3 is 2.10 bits per heavy atom. The molecule has 0 atom stereocenters. The third-order valence-electron chi connectivity index (χ3n) is 0.709. The Balaban J connectivity index is 4.42. The van der Waals surface area contributed by atoms with E-state index >= 15 is 0 Å². The van der Waals surface area contributed by atoms with Gasteiger partial charge in [0.15, 0.2) is 11.5 Å². The molecule has 0 saturated carbocycles. The molecule has 10 heavy (non-hydrogen) atoms. The third-order valence-corrected chi connectivity index (χ3v) is 0.709. The van der Waals surface area contributed by atoms with Gasteiger partial charge >= 0.3 is 0 Å². The van der Waals surface area contributed by atoms with Crippen molar-refractivity contribution in [3.8, 4) is 0 Å². The Hall–Kier alpha value is -1.39. The summed E-state index contributed by atoms with van der Waals surface area (Å²) in [5.41, 5.74) is -0.706. The lowest BCUT2D eigenvalue weighted by Crippen LogP contribution is -2.35. The summed E-state index contributed by atoms with van der Waals surface area (Å²) >= 11 is 0. The maximum absolute atomic E-state index is 10.3. The van der Waals surface area contributed by atoms with Gasteiger partial charge in [-0.05, 0) is 0 Å². The van der Waals surface area contributed by atoms with Gasteiger partial charge < -0.3 is 14.7 Å². The zero-order valence-corrected chi connectivity index (χ0v) is 5.58. The lowest BCUT2D eigenvalue weighted by atomic mass is 10.3. The first-order valence-electron chi connectivity index (χ1n) is 2.43. The molecule has 0 aliphatic rings. The summed E-state index contributed by atoms with van der Waals surface area (Å²) < 4.78 is 0. The minimum absolute atomic E-state index is 0.693. The van der Waals surface area contributed by atoms with E-state index in [0.29, 0.717) is 0 Å². The van der Waals surface area contributed by atoms with E-state index in [9.17, 15) is 14.7 Å². The zero-order chi connectivity index (χ0) is 8.15. The highest BCUT2D eigenvalue weighted by Gasteiger charge is 2.06. The molecule has 5 nitrogen and oxygen atoms in total. The second-order valence-corrected chi connectivity index (χ2v) is 1.47. The Morgan fingerprint density at radius 2 is 2.00 bits per heavy atom. The van der Waals surface area contributed by atoms with Gasteiger partial charge in [-0.1, -0.05) is 5.16 Å². The van der Waals surface area contributed by atoms with Crippen molar-refractivity contribution in [1.29, 1.82) is 0 Å². The van der Waals surface area contributed by atoms with Crippen LogP contribution in [0.3, 0.4) is 0 Å². The zero-order valence-electron chi connectivity index (χ0n) is 5.58. The van der Waals surface area contributed by atoms with Crippen LogP contribution in [-0.4, -0.2) is 24.6 Å². The van der Waals surface area contributed by atoms with Crippen molar-refractivity contribution >= 4 is 17.5 Å². The van der Waals surface area contributed by atoms with Gasteiger partial charge in [-0.25, -0.2) is 0 Å². The third kappa shape index (κ3) is 2.25. The van der Waals surface area contributed by atoms with Crippen LogP contribution in [0.5, 0.6) is 0 Å². The molecule has 0 bridgehead atoms. The number of oxime groups is 1. The maximum atomic E-state index is 10.3. The molecule has 0 aliphatic heterocycles. The van der Waals surface area contributed by atoms with E-state index in [-0.39, 0.29) is 0 Å². The van der Waals surface area contributed by atoms with Crippen LogP contribution < -0.4 is 5.11 Å². The van der Waals surface area contributed by atoms with Crippen LogP contribution in [0.2, 0.25) is 0 Å². The van der Waals surface area contributed by atoms with E-state index in [1.807, 2.05) is 0 Å². The average Bonchev–Trinajstić information content (AvgIpc) is 1.81. The van der Waals surface area contributed by atoms with Crippen molar-refractivity contribution < 1.29 is 19.5 Å². The molecular formula is C5H6NO4-. The summed E-state index contributed by atoms with van der Waals surface area (Å²) in [4.78, 5) is 24.4. The van der Waals surface area contributed by atoms with E-state index in [1.54, 1.807) is 0 Å². The summed E-state index contributed by atoms with van der Waals surface area (Å²) in [6.45, 7) is 1.06. The smallest absolute Gasteiger partial charge is 0.183 e. The number of rotatable bonds is 3. The summed E-state index contributed by atoms with van der Waals surface area (Å²) in [5, 5.41) is 12.9. The van der Waals surface area contributed by atoms with Crippen LogP contribution in [-0.2, 0) is 14.4 Å². The molecule has 0 unspecified atom stereocenters. The number of carbonyl (C=O) groups is 2. The molecule has 0 aromatic rings. The van der Waals surface area contributed by atoms with Gasteiger partial charge in [0.2, 0.25) is 0 Å². The van der Waals surface area contributed by atoms with Gasteiger partial charge in [-0.3, -0.25) is 4.79 Å². The van der Waals surface area contributed by atoms with Crippen LogP contribution in [0.15, 0.2) is 5.16 Å². The lowest BCUT2D eigenvalue weighted by molar-refractivity contribution is -0.294. The van der Waals surface area contributed by atoms with E-state index < -0.39 is 17.5 Å². The number of carboxylic acid groups (broad SMARTS) is 1. The van der Waals surface area contributed by atoms with Crippen LogP contribution >= 0.6 is 0 Å². The fraction of sp³-hybridized carbons (Fsp3) is 0.400. The second-order valence-electron chi connectivity index (χ2n) is 1.47. The van der Waals surface area contributed by atoms with Crippen LogP contribution in [0.25, 0.3) is 0 Å². The fourth-order valence-corrected chi connectivity index (χ4v) is 0.337. The number of carboxylic acids is 1. The Labute approximate surface area is 57.3 Å². The van der Waals surface area contributed by atoms with E-state index in [2.05, 4.69) is 9.99 Å². The predicted molar refractivity (Wildman–Crippen MR) is 30.1 cm³/mol. The molecule has 0 fully saturated rings. The fourth-order valence-electron chi connectivity index (χ4n) is 0.337. The highest BCUT2D eigenvalue weighted by Crippen LogP contribution is 1.80. The number of hydrogen-bond donors (Lipinski definition) is 0. The molecule has 0 N–H and O–H groups in total. The van der Waals surface area contributed by atoms with Crippen LogP contribution in [0, 0.1) is 0 Å². The molecule has 0 radical (unpaired) electrons. The molecule has 0 saturated heterocycles. The van der Waals surface area contributed by atoms with Crippen molar-refractivity contribution in [2.24, 2.45) is 5.16 Å². The lowest BCUT2D eigenvalue weighted by Gasteiger charge is -1.99.